The Morgan fingerprint density at radius 1 is 0.967 bits per heavy atom. The molecule has 3 aromatic rings. The number of aromatic hydroxyl groups is 1. The fourth-order valence-electron chi connectivity index (χ4n) is 2.90. The van der Waals surface area contributed by atoms with Crippen LogP contribution in [0.3, 0.4) is 0 Å². The predicted molar refractivity (Wildman–Crippen MR) is 110 cm³/mol. The molecule has 0 aliphatic carbocycles. The number of amides is 2. The number of aliphatic imine (C=N–C) groups is 1. The van der Waals surface area contributed by atoms with Gasteiger partial charge in [0.2, 0.25) is 0 Å². The van der Waals surface area contributed by atoms with Gasteiger partial charge >= 0.3 is 0 Å². The molecule has 0 aromatic heterocycles. The SMILES string of the molecule is O=C1NN(C(=O)c2ccc(F)cc2)C(c2ccccc2)=N/C1=C/c1ccc(O)cc1. The van der Waals surface area contributed by atoms with E-state index >= 15 is 0 Å². The van der Waals surface area contributed by atoms with E-state index in [0.717, 1.165) is 5.01 Å². The molecule has 1 aliphatic rings. The number of carbonyl (C=O) groups excluding carboxylic acids is 2. The molecule has 0 fully saturated rings. The van der Waals surface area contributed by atoms with Crippen LogP contribution in [0.2, 0.25) is 0 Å². The molecule has 4 rings (SSSR count). The minimum Gasteiger partial charge on any atom is -0.508 e. The maximum absolute atomic E-state index is 13.2. The number of carbonyl (C=O) groups is 2. The van der Waals surface area contributed by atoms with Gasteiger partial charge in [0, 0.05) is 11.1 Å². The van der Waals surface area contributed by atoms with Crippen molar-refractivity contribution in [3.8, 4) is 5.75 Å². The van der Waals surface area contributed by atoms with E-state index in [1.165, 1.54) is 36.4 Å². The van der Waals surface area contributed by atoms with Gasteiger partial charge in [0.15, 0.2) is 5.84 Å². The first-order valence-corrected chi connectivity index (χ1v) is 9.07. The molecule has 1 aliphatic heterocycles. The number of rotatable bonds is 3. The Hall–Kier alpha value is -4.26. The molecule has 2 amide bonds. The van der Waals surface area contributed by atoms with Crippen LogP contribution in [0, 0.1) is 5.82 Å². The molecule has 0 atom stereocenters. The lowest BCUT2D eigenvalue weighted by atomic mass is 10.1. The van der Waals surface area contributed by atoms with Crippen molar-refractivity contribution >= 4 is 23.7 Å². The summed E-state index contributed by atoms with van der Waals surface area (Å²) in [6.07, 6.45) is 1.55. The van der Waals surface area contributed by atoms with Crippen molar-refractivity contribution in [3.05, 3.63) is 107 Å². The van der Waals surface area contributed by atoms with Crippen molar-refractivity contribution in [1.29, 1.82) is 0 Å². The highest BCUT2D eigenvalue weighted by Crippen LogP contribution is 2.19. The van der Waals surface area contributed by atoms with E-state index in [1.807, 2.05) is 6.07 Å². The Kier molecular flexibility index (Phi) is 5.09. The van der Waals surface area contributed by atoms with Gasteiger partial charge in [0.25, 0.3) is 11.8 Å². The number of nitrogens with zero attached hydrogens (tertiary/aromatic N) is 2. The third kappa shape index (κ3) is 3.95. The van der Waals surface area contributed by atoms with Gasteiger partial charge in [-0.25, -0.2) is 9.38 Å². The maximum Gasteiger partial charge on any atom is 0.288 e. The Bertz CT molecular complexity index is 1150. The first-order chi connectivity index (χ1) is 14.5. The van der Waals surface area contributed by atoms with Gasteiger partial charge in [-0.3, -0.25) is 15.0 Å². The average molecular weight is 401 g/mol. The summed E-state index contributed by atoms with van der Waals surface area (Å²) in [5, 5.41) is 10.5. The van der Waals surface area contributed by atoms with Crippen LogP contribution < -0.4 is 5.43 Å². The zero-order chi connectivity index (χ0) is 21.1. The molecule has 0 bridgehead atoms. The number of amidine groups is 1. The van der Waals surface area contributed by atoms with Crippen LogP contribution >= 0.6 is 0 Å². The van der Waals surface area contributed by atoms with Crippen LogP contribution in [-0.2, 0) is 4.79 Å². The number of benzene rings is 3. The van der Waals surface area contributed by atoms with E-state index in [1.54, 1.807) is 42.5 Å². The molecule has 2 N–H and O–H groups in total. The molecule has 0 radical (unpaired) electrons. The molecule has 148 valence electrons. The van der Waals surface area contributed by atoms with E-state index in [-0.39, 0.29) is 22.8 Å². The minimum absolute atomic E-state index is 0.0997. The van der Waals surface area contributed by atoms with Gasteiger partial charge in [0.1, 0.15) is 17.3 Å². The van der Waals surface area contributed by atoms with E-state index in [0.29, 0.717) is 11.1 Å². The lowest BCUT2D eigenvalue weighted by molar-refractivity contribution is -0.120. The summed E-state index contributed by atoms with van der Waals surface area (Å²) in [5.74, 6) is -1.25. The monoisotopic (exact) mass is 401 g/mol. The summed E-state index contributed by atoms with van der Waals surface area (Å²) in [4.78, 5) is 30.1. The molecular formula is C23H16FN3O3. The Balaban J connectivity index is 1.77. The van der Waals surface area contributed by atoms with Crippen molar-refractivity contribution in [1.82, 2.24) is 10.4 Å². The van der Waals surface area contributed by atoms with Crippen molar-refractivity contribution in [2.45, 2.75) is 0 Å². The molecule has 0 saturated carbocycles. The second kappa shape index (κ2) is 8.00. The van der Waals surface area contributed by atoms with Gasteiger partial charge in [-0.15, -0.1) is 0 Å². The lowest BCUT2D eigenvalue weighted by Gasteiger charge is -2.28. The highest BCUT2D eigenvalue weighted by atomic mass is 19.1. The first-order valence-electron chi connectivity index (χ1n) is 9.07. The number of phenolic OH excluding ortho intramolecular Hbond substituents is 1. The molecule has 30 heavy (non-hydrogen) atoms. The molecule has 7 heteroatoms. The minimum atomic E-state index is -0.571. The summed E-state index contributed by atoms with van der Waals surface area (Å²) in [6, 6.07) is 20.2. The van der Waals surface area contributed by atoms with Crippen molar-refractivity contribution < 1.29 is 19.1 Å². The smallest absolute Gasteiger partial charge is 0.288 e. The highest BCUT2D eigenvalue weighted by molar-refractivity contribution is 6.18. The topological polar surface area (TPSA) is 82.0 Å². The van der Waals surface area contributed by atoms with Crippen LogP contribution in [0.4, 0.5) is 4.39 Å². The van der Waals surface area contributed by atoms with Crippen LogP contribution in [0.25, 0.3) is 6.08 Å². The average Bonchev–Trinajstić information content (AvgIpc) is 2.77. The Labute approximate surface area is 171 Å². The van der Waals surface area contributed by atoms with Gasteiger partial charge in [-0.1, -0.05) is 42.5 Å². The van der Waals surface area contributed by atoms with Gasteiger partial charge in [-0.05, 0) is 48.0 Å². The van der Waals surface area contributed by atoms with Gasteiger partial charge < -0.3 is 5.11 Å². The normalized spacial score (nSPS) is 15.0. The summed E-state index contributed by atoms with van der Waals surface area (Å²) < 4.78 is 13.2. The van der Waals surface area contributed by atoms with E-state index in [2.05, 4.69) is 10.4 Å². The summed E-state index contributed by atoms with van der Waals surface area (Å²) in [5.41, 5.74) is 4.14. The molecule has 1 heterocycles. The summed E-state index contributed by atoms with van der Waals surface area (Å²) in [6.45, 7) is 0. The fraction of sp³-hybridized carbons (Fsp3) is 0. The highest BCUT2D eigenvalue weighted by Gasteiger charge is 2.30. The van der Waals surface area contributed by atoms with E-state index in [9.17, 15) is 19.1 Å². The predicted octanol–water partition coefficient (Wildman–Crippen LogP) is 3.51. The van der Waals surface area contributed by atoms with E-state index in [4.69, 9.17) is 0 Å². The van der Waals surface area contributed by atoms with Crippen molar-refractivity contribution in [2.24, 2.45) is 4.99 Å². The number of hydrogen-bond acceptors (Lipinski definition) is 4. The number of hydrogen-bond donors (Lipinski definition) is 2. The summed E-state index contributed by atoms with van der Waals surface area (Å²) >= 11 is 0. The quantitative estimate of drug-likeness (QED) is 0.659. The number of phenols is 1. The molecule has 3 aromatic carbocycles. The standard InChI is InChI=1S/C23H16FN3O3/c24-18-10-8-17(9-11-18)23(30)27-21(16-4-2-1-3-5-16)25-20(22(29)26-27)14-15-6-12-19(28)13-7-15/h1-14,28H,(H,26,29)/b20-14+. The molecule has 6 nitrogen and oxygen atoms in total. The Morgan fingerprint density at radius 3 is 2.30 bits per heavy atom. The third-order valence-corrected chi connectivity index (χ3v) is 4.41. The van der Waals surface area contributed by atoms with Gasteiger partial charge in [0.05, 0.1) is 0 Å². The van der Waals surface area contributed by atoms with E-state index < -0.39 is 17.6 Å². The first kappa shape index (κ1) is 19.1. The zero-order valence-corrected chi connectivity index (χ0v) is 15.6. The van der Waals surface area contributed by atoms with Crippen LogP contribution in [0.15, 0.2) is 89.6 Å². The largest absolute Gasteiger partial charge is 0.508 e. The molecular weight excluding hydrogens is 385 g/mol. The van der Waals surface area contributed by atoms with Crippen LogP contribution in [-0.4, -0.2) is 27.8 Å². The molecule has 0 spiro atoms. The number of nitrogens with one attached hydrogen (secondary N) is 1. The maximum atomic E-state index is 13.2. The van der Waals surface area contributed by atoms with Crippen molar-refractivity contribution in [2.75, 3.05) is 0 Å². The zero-order valence-electron chi connectivity index (χ0n) is 15.6. The second-order valence-corrected chi connectivity index (χ2v) is 6.51. The summed E-state index contributed by atoms with van der Waals surface area (Å²) in [7, 11) is 0. The second-order valence-electron chi connectivity index (χ2n) is 6.51. The van der Waals surface area contributed by atoms with Gasteiger partial charge in [-0.2, -0.15) is 5.01 Å². The van der Waals surface area contributed by atoms with Crippen LogP contribution in [0.5, 0.6) is 5.75 Å². The lowest BCUT2D eigenvalue weighted by Crippen LogP contribution is -2.53. The number of hydrazine groups is 1. The Morgan fingerprint density at radius 2 is 1.63 bits per heavy atom. The van der Waals surface area contributed by atoms with Crippen LogP contribution in [0.1, 0.15) is 21.5 Å². The third-order valence-electron chi connectivity index (χ3n) is 4.41. The fourth-order valence-corrected chi connectivity index (χ4v) is 2.90. The van der Waals surface area contributed by atoms with Crippen molar-refractivity contribution in [3.63, 3.8) is 0 Å². The number of halogens is 1. The molecule has 0 saturated heterocycles. The molecule has 0 unspecified atom stereocenters.